The van der Waals surface area contributed by atoms with Crippen LogP contribution < -0.4 is 0 Å². The molecule has 0 amide bonds. The summed E-state index contributed by atoms with van der Waals surface area (Å²) in [5.41, 5.74) is 0. The Balaban J connectivity index is 3.74. The number of rotatable bonds is 1. The standard InChI is InChI=1S/C2HCl3O2.CH3.Hg/c3-2(4,5)1(6)7;;/h(H,6,7);1H3;/q;;+1/p-1. The van der Waals surface area contributed by atoms with Gasteiger partial charge >= 0.3 is 81.5 Å². The molecule has 6 heteroatoms. The van der Waals surface area contributed by atoms with Gasteiger partial charge in [0.2, 0.25) is 0 Å². The number of hydrogen-bond donors (Lipinski definition) is 0. The van der Waals surface area contributed by atoms with Gasteiger partial charge in [0.1, 0.15) is 0 Å². The van der Waals surface area contributed by atoms with Crippen molar-refractivity contribution in [2.24, 2.45) is 0 Å². The van der Waals surface area contributed by atoms with Crippen molar-refractivity contribution in [3.8, 4) is 0 Å². The first-order valence-corrected chi connectivity index (χ1v) is 11.1. The molecule has 0 rings (SSSR count). The fourth-order valence-electron chi connectivity index (χ4n) is 0.213. The second-order valence-corrected chi connectivity index (χ2v) is 6.87. The Labute approximate surface area is 80.9 Å². The van der Waals surface area contributed by atoms with Crippen LogP contribution in [0.4, 0.5) is 0 Å². The average Bonchev–Trinajstić information content (AvgIpc) is 1.64. The maximum absolute atomic E-state index is 10.5. The van der Waals surface area contributed by atoms with Crippen LogP contribution in [-0.4, -0.2) is 9.76 Å². The Morgan fingerprint density at radius 3 is 2.11 bits per heavy atom. The molecule has 0 saturated heterocycles. The molecule has 0 atom stereocenters. The maximum atomic E-state index is 10.5. The molecule has 0 aromatic carbocycles. The number of carbonyl (C=O) groups is 1. The molecule has 0 N–H and O–H groups in total. The van der Waals surface area contributed by atoms with Crippen LogP contribution in [0, 0.1) is 0 Å². The number of carbonyl (C=O) groups excluding carboxylic acids is 1. The summed E-state index contributed by atoms with van der Waals surface area (Å²) < 4.78 is 4.57. The molecule has 0 spiro atoms. The predicted octanol–water partition coefficient (Wildman–Crippen LogP) is 1.95. The number of halogens is 3. The molecule has 0 aromatic rings. The van der Waals surface area contributed by atoms with Gasteiger partial charge in [-0.2, -0.15) is 0 Å². The Morgan fingerprint density at radius 2 is 2.00 bits per heavy atom. The minimum absolute atomic E-state index is 0.739. The molecule has 0 aliphatic carbocycles. The molecule has 0 radical (unpaired) electrons. The van der Waals surface area contributed by atoms with E-state index in [0.717, 1.165) is 0 Å². The van der Waals surface area contributed by atoms with Crippen molar-refractivity contribution in [1.29, 1.82) is 0 Å². The quantitative estimate of drug-likeness (QED) is 0.515. The number of alkyl halides is 3. The third-order valence-corrected chi connectivity index (χ3v) is 3.11. The van der Waals surface area contributed by atoms with Gasteiger partial charge in [0, 0.05) is 0 Å². The Bertz CT molecular complexity index is 110. The van der Waals surface area contributed by atoms with E-state index in [1.54, 1.807) is 0 Å². The molecule has 0 heterocycles. The average molecular weight is 378 g/mol. The second kappa shape index (κ2) is 4.22. The van der Waals surface area contributed by atoms with Crippen molar-refractivity contribution in [1.82, 2.24) is 0 Å². The van der Waals surface area contributed by atoms with Crippen LogP contribution in [0.25, 0.3) is 0 Å². The molecule has 2 nitrogen and oxygen atoms in total. The third kappa shape index (κ3) is 4.65. The van der Waals surface area contributed by atoms with Crippen molar-refractivity contribution < 1.29 is 32.5 Å². The van der Waals surface area contributed by atoms with E-state index in [1.807, 2.05) is 4.43 Å². The van der Waals surface area contributed by atoms with Gasteiger partial charge < -0.3 is 0 Å². The zero-order valence-electron chi connectivity index (χ0n) is 4.66. The van der Waals surface area contributed by atoms with E-state index >= 15 is 0 Å². The molecule has 50 valence electrons. The fourth-order valence-corrected chi connectivity index (χ4v) is 3.30. The normalized spacial score (nSPS) is 10.2. The molecule has 9 heavy (non-hydrogen) atoms. The molecule has 0 aliphatic heterocycles. The first kappa shape index (κ1) is 10.3. The molecule has 0 saturated carbocycles. The molecule has 0 aromatic heterocycles. The summed E-state index contributed by atoms with van der Waals surface area (Å²) in [6.45, 7) is 0. The summed E-state index contributed by atoms with van der Waals surface area (Å²) in [4.78, 5) is 10.5. The van der Waals surface area contributed by atoms with Crippen LogP contribution >= 0.6 is 34.8 Å². The summed E-state index contributed by atoms with van der Waals surface area (Å²) in [7, 11) is 0. The van der Waals surface area contributed by atoms with E-state index in [-0.39, 0.29) is 0 Å². The van der Waals surface area contributed by atoms with E-state index in [1.165, 1.54) is 0 Å². The zero-order valence-corrected chi connectivity index (χ0v) is 12.4. The van der Waals surface area contributed by atoms with E-state index in [4.69, 9.17) is 34.8 Å². The fraction of sp³-hybridized carbons (Fsp3) is 0.667. The van der Waals surface area contributed by atoms with Crippen LogP contribution in [0.3, 0.4) is 0 Å². The van der Waals surface area contributed by atoms with Crippen LogP contribution in [0.1, 0.15) is 0 Å². The van der Waals surface area contributed by atoms with Crippen LogP contribution in [0.15, 0.2) is 0 Å². The van der Waals surface area contributed by atoms with Crippen LogP contribution in [-0.2, 0) is 32.5 Å². The van der Waals surface area contributed by atoms with E-state index < -0.39 is 34.8 Å². The predicted molar refractivity (Wildman–Crippen MR) is 32.2 cm³/mol. The topological polar surface area (TPSA) is 26.3 Å². The summed E-state index contributed by atoms with van der Waals surface area (Å²) in [6.07, 6.45) is 0. The van der Waals surface area contributed by atoms with Gasteiger partial charge in [-0.3, -0.25) is 0 Å². The van der Waals surface area contributed by atoms with Gasteiger partial charge in [0.15, 0.2) is 0 Å². The molecule has 0 fully saturated rings. The second-order valence-electron chi connectivity index (χ2n) is 1.22. The van der Waals surface area contributed by atoms with Crippen molar-refractivity contribution >= 4 is 40.8 Å². The van der Waals surface area contributed by atoms with Gasteiger partial charge in [-0.05, 0) is 0 Å². The van der Waals surface area contributed by atoms with Crippen molar-refractivity contribution in [3.63, 3.8) is 0 Å². The summed E-state index contributed by atoms with van der Waals surface area (Å²) in [5.74, 6) is -0.739. The first-order valence-electron chi connectivity index (χ1n) is 2.22. The molecular weight excluding hydrogens is 375 g/mol. The van der Waals surface area contributed by atoms with E-state index in [0.29, 0.717) is 0 Å². The molecule has 0 unspecified atom stereocenters. The van der Waals surface area contributed by atoms with Crippen LogP contribution in [0.5, 0.6) is 0 Å². The van der Waals surface area contributed by atoms with Crippen LogP contribution in [0.2, 0.25) is 4.43 Å². The summed E-state index contributed by atoms with van der Waals surface area (Å²) in [5, 5.41) is 0. The van der Waals surface area contributed by atoms with E-state index in [2.05, 4.69) is 2.64 Å². The third-order valence-electron chi connectivity index (χ3n) is 0.507. The van der Waals surface area contributed by atoms with Gasteiger partial charge in [0.05, 0.1) is 0 Å². The van der Waals surface area contributed by atoms with Gasteiger partial charge in [-0.1, -0.05) is 0 Å². The number of hydrogen-bond acceptors (Lipinski definition) is 2. The minimum atomic E-state index is -1.88. The first-order chi connectivity index (χ1) is 3.98. The van der Waals surface area contributed by atoms with Crippen molar-refractivity contribution in [2.45, 2.75) is 8.23 Å². The Hall–Kier alpha value is 1.28. The molecular formula is C3H3Cl3HgO2. The van der Waals surface area contributed by atoms with Crippen molar-refractivity contribution in [2.75, 3.05) is 0 Å². The van der Waals surface area contributed by atoms with Crippen molar-refractivity contribution in [3.05, 3.63) is 0 Å². The SMILES string of the molecule is [CH3][Hg][O]C(=O)C(Cl)(Cl)Cl. The summed E-state index contributed by atoms with van der Waals surface area (Å²) in [6, 6.07) is 0. The van der Waals surface area contributed by atoms with E-state index in [9.17, 15) is 4.79 Å². The van der Waals surface area contributed by atoms with Gasteiger partial charge in [0.25, 0.3) is 0 Å². The van der Waals surface area contributed by atoms with Gasteiger partial charge in [-0.25, -0.2) is 0 Å². The van der Waals surface area contributed by atoms with Gasteiger partial charge in [-0.15, -0.1) is 0 Å². The Morgan fingerprint density at radius 1 is 1.56 bits per heavy atom. The zero-order chi connectivity index (χ0) is 7.49. The summed E-state index contributed by atoms with van der Waals surface area (Å²) >= 11 is 14.0. The monoisotopic (exact) mass is 378 g/mol. The molecule has 0 bridgehead atoms. The molecule has 0 aliphatic rings. The Kier molecular flexibility index (Phi) is 4.81.